The van der Waals surface area contributed by atoms with E-state index < -0.39 is 0 Å². The predicted octanol–water partition coefficient (Wildman–Crippen LogP) is 3.28. The van der Waals surface area contributed by atoms with Gasteiger partial charge in [-0.3, -0.25) is 4.57 Å². The van der Waals surface area contributed by atoms with Crippen LogP contribution in [-0.4, -0.2) is 48.1 Å². The van der Waals surface area contributed by atoms with Crippen molar-refractivity contribution in [2.75, 3.05) is 32.6 Å². The number of aromatic nitrogens is 2. The molecule has 1 aromatic heterocycles. The molecule has 0 aliphatic rings. The number of hydrazone groups is 1. The number of benzene rings is 1. The Kier molecular flexibility index (Phi) is 6.20. The molecule has 0 N–H and O–H groups in total. The molecule has 0 aliphatic carbocycles. The van der Waals surface area contributed by atoms with Gasteiger partial charge in [0.05, 0.1) is 0 Å². The van der Waals surface area contributed by atoms with Crippen LogP contribution in [0, 0.1) is 0 Å². The van der Waals surface area contributed by atoms with Crippen molar-refractivity contribution >= 4 is 11.5 Å². The first-order valence-electron chi connectivity index (χ1n) is 8.18. The lowest BCUT2D eigenvalue weighted by Crippen LogP contribution is -2.24. The topological polar surface area (TPSA) is 36.7 Å². The van der Waals surface area contributed by atoms with Gasteiger partial charge in [0.2, 0.25) is 0 Å². The van der Waals surface area contributed by atoms with E-state index in [0.29, 0.717) is 0 Å². The standard InChI is InChI=1S/C18H27N5/c1-5-6-9-13-22(4)17-11-8-7-10-16(17)18(20-21(2)3)23-14-12-19-15-23/h7-8,10-12,14-15H,5-6,9,13H2,1-4H3. The molecule has 23 heavy (non-hydrogen) atoms. The van der Waals surface area contributed by atoms with Crippen LogP contribution < -0.4 is 4.90 Å². The molecule has 1 heterocycles. The van der Waals surface area contributed by atoms with Gasteiger partial charge >= 0.3 is 0 Å². The normalized spacial score (nSPS) is 11.6. The van der Waals surface area contributed by atoms with Crippen molar-refractivity contribution in [3.05, 3.63) is 48.5 Å². The summed E-state index contributed by atoms with van der Waals surface area (Å²) in [6.45, 7) is 3.28. The average molecular weight is 313 g/mol. The molecule has 5 nitrogen and oxygen atoms in total. The Bertz CT molecular complexity index is 616. The van der Waals surface area contributed by atoms with Gasteiger partial charge in [-0.15, -0.1) is 0 Å². The van der Waals surface area contributed by atoms with Gasteiger partial charge in [-0.1, -0.05) is 31.9 Å². The third-order valence-corrected chi connectivity index (χ3v) is 3.70. The van der Waals surface area contributed by atoms with Crippen LogP contribution in [0.25, 0.3) is 0 Å². The summed E-state index contributed by atoms with van der Waals surface area (Å²) in [5, 5.41) is 6.50. The van der Waals surface area contributed by atoms with Crippen LogP contribution in [-0.2, 0) is 0 Å². The summed E-state index contributed by atoms with van der Waals surface area (Å²) >= 11 is 0. The molecule has 0 saturated carbocycles. The maximum Gasteiger partial charge on any atom is 0.167 e. The molecule has 0 spiro atoms. The largest absolute Gasteiger partial charge is 0.374 e. The molecule has 0 bridgehead atoms. The van der Waals surface area contributed by atoms with Crippen LogP contribution >= 0.6 is 0 Å². The van der Waals surface area contributed by atoms with Crippen LogP contribution in [0.3, 0.4) is 0 Å². The zero-order valence-electron chi connectivity index (χ0n) is 14.6. The number of imidazole rings is 1. The summed E-state index contributed by atoms with van der Waals surface area (Å²) < 4.78 is 1.96. The summed E-state index contributed by atoms with van der Waals surface area (Å²) in [5.41, 5.74) is 2.30. The highest BCUT2D eigenvalue weighted by Crippen LogP contribution is 2.21. The van der Waals surface area contributed by atoms with Gasteiger partial charge in [-0.2, -0.15) is 5.10 Å². The summed E-state index contributed by atoms with van der Waals surface area (Å²) in [6.07, 6.45) is 9.18. The fraction of sp³-hybridized carbons (Fsp3) is 0.444. The molecule has 124 valence electrons. The van der Waals surface area contributed by atoms with Crippen molar-refractivity contribution < 1.29 is 0 Å². The second-order valence-corrected chi connectivity index (χ2v) is 5.89. The van der Waals surface area contributed by atoms with E-state index in [1.165, 1.54) is 24.9 Å². The summed E-state index contributed by atoms with van der Waals surface area (Å²) in [7, 11) is 6.02. The van der Waals surface area contributed by atoms with Gasteiger partial charge in [-0.25, -0.2) is 4.98 Å². The minimum absolute atomic E-state index is 0.880. The molecule has 0 atom stereocenters. The second-order valence-electron chi connectivity index (χ2n) is 5.89. The molecule has 0 radical (unpaired) electrons. The van der Waals surface area contributed by atoms with Crippen LogP contribution in [0.2, 0.25) is 0 Å². The van der Waals surface area contributed by atoms with Gasteiger partial charge in [0.1, 0.15) is 6.33 Å². The number of nitrogens with zero attached hydrogens (tertiary/aromatic N) is 5. The maximum atomic E-state index is 4.68. The zero-order valence-corrected chi connectivity index (χ0v) is 14.6. The van der Waals surface area contributed by atoms with Gasteiger partial charge < -0.3 is 9.91 Å². The van der Waals surface area contributed by atoms with Crippen LogP contribution in [0.15, 0.2) is 48.1 Å². The van der Waals surface area contributed by atoms with Gasteiger partial charge in [0, 0.05) is 51.3 Å². The van der Waals surface area contributed by atoms with E-state index in [4.69, 9.17) is 0 Å². The first-order chi connectivity index (χ1) is 11.1. The van der Waals surface area contributed by atoms with Gasteiger partial charge in [-0.05, 0) is 18.6 Å². The Morgan fingerprint density at radius 1 is 1.17 bits per heavy atom. The highest BCUT2D eigenvalue weighted by atomic mass is 15.4. The summed E-state index contributed by atoms with van der Waals surface area (Å²) in [6, 6.07) is 8.41. The molecule has 2 rings (SSSR count). The molecular formula is C18H27N5. The molecule has 2 aromatic rings. The Morgan fingerprint density at radius 3 is 2.61 bits per heavy atom. The van der Waals surface area contributed by atoms with Crippen molar-refractivity contribution in [2.45, 2.75) is 26.2 Å². The lowest BCUT2D eigenvalue weighted by atomic mass is 10.1. The summed E-state index contributed by atoms with van der Waals surface area (Å²) in [5.74, 6) is 0.880. The quantitative estimate of drug-likeness (QED) is 0.341. The number of rotatable bonds is 7. The number of hydrogen-bond acceptors (Lipinski definition) is 4. The highest BCUT2D eigenvalue weighted by Gasteiger charge is 2.14. The number of anilines is 1. The van der Waals surface area contributed by atoms with E-state index in [1.807, 2.05) is 29.9 Å². The van der Waals surface area contributed by atoms with Crippen molar-refractivity contribution in [3.8, 4) is 0 Å². The smallest absolute Gasteiger partial charge is 0.167 e. The minimum Gasteiger partial charge on any atom is -0.374 e. The fourth-order valence-corrected chi connectivity index (χ4v) is 2.53. The fourth-order valence-electron chi connectivity index (χ4n) is 2.53. The first-order valence-corrected chi connectivity index (χ1v) is 8.18. The van der Waals surface area contributed by atoms with Crippen molar-refractivity contribution in [1.29, 1.82) is 0 Å². The Morgan fingerprint density at radius 2 is 1.96 bits per heavy atom. The number of unbranched alkanes of at least 4 members (excludes halogenated alkanes) is 2. The van der Waals surface area contributed by atoms with Crippen LogP contribution in [0.5, 0.6) is 0 Å². The molecule has 5 heteroatoms. The van der Waals surface area contributed by atoms with E-state index in [-0.39, 0.29) is 0 Å². The van der Waals surface area contributed by atoms with E-state index in [2.05, 4.69) is 53.2 Å². The lowest BCUT2D eigenvalue weighted by Gasteiger charge is -2.23. The van der Waals surface area contributed by atoms with Gasteiger partial charge in [0.15, 0.2) is 5.84 Å². The maximum absolute atomic E-state index is 4.68. The predicted molar refractivity (Wildman–Crippen MR) is 97.1 cm³/mol. The molecule has 0 aliphatic heterocycles. The third kappa shape index (κ3) is 4.58. The molecule has 0 fully saturated rings. The molecule has 1 aromatic carbocycles. The molecule has 0 saturated heterocycles. The monoisotopic (exact) mass is 313 g/mol. The lowest BCUT2D eigenvalue weighted by molar-refractivity contribution is 0.435. The van der Waals surface area contributed by atoms with E-state index in [1.54, 1.807) is 12.5 Å². The molecule has 0 amide bonds. The van der Waals surface area contributed by atoms with Crippen LogP contribution in [0.4, 0.5) is 5.69 Å². The summed E-state index contributed by atoms with van der Waals surface area (Å²) in [4.78, 5) is 6.47. The minimum atomic E-state index is 0.880. The van der Waals surface area contributed by atoms with E-state index in [0.717, 1.165) is 17.9 Å². The average Bonchev–Trinajstić information content (AvgIpc) is 3.07. The zero-order chi connectivity index (χ0) is 16.7. The highest BCUT2D eigenvalue weighted by molar-refractivity contribution is 6.04. The van der Waals surface area contributed by atoms with Crippen molar-refractivity contribution in [2.24, 2.45) is 5.10 Å². The van der Waals surface area contributed by atoms with E-state index in [9.17, 15) is 0 Å². The number of para-hydroxylation sites is 1. The van der Waals surface area contributed by atoms with Crippen LogP contribution in [0.1, 0.15) is 31.7 Å². The third-order valence-electron chi connectivity index (χ3n) is 3.70. The molecular weight excluding hydrogens is 286 g/mol. The Labute approximate surface area is 139 Å². The first kappa shape index (κ1) is 17.1. The van der Waals surface area contributed by atoms with Gasteiger partial charge in [0.25, 0.3) is 0 Å². The number of hydrogen-bond donors (Lipinski definition) is 0. The Balaban J connectivity index is 2.37. The second kappa shape index (κ2) is 8.36. The van der Waals surface area contributed by atoms with Crippen molar-refractivity contribution in [3.63, 3.8) is 0 Å². The Hall–Kier alpha value is -2.30. The SMILES string of the molecule is CCCCCN(C)c1ccccc1C(=NN(C)C)n1ccnc1. The van der Waals surface area contributed by atoms with E-state index >= 15 is 0 Å². The molecule has 0 unspecified atom stereocenters. The van der Waals surface area contributed by atoms with Crippen molar-refractivity contribution in [1.82, 2.24) is 14.6 Å².